The Bertz CT molecular complexity index is 791. The smallest absolute Gasteiger partial charge is 0.132 e. The molecule has 3 rings (SSSR count). The van der Waals surface area contributed by atoms with Crippen molar-refractivity contribution in [2.45, 2.75) is 25.6 Å². The number of para-hydroxylation sites is 1. The zero-order chi connectivity index (χ0) is 15.0. The number of aromatic nitrogens is 2. The summed E-state index contributed by atoms with van der Waals surface area (Å²) in [5, 5.41) is 0.454. The summed E-state index contributed by atoms with van der Waals surface area (Å²) in [5.41, 5.74) is 4.13. The van der Waals surface area contributed by atoms with Crippen molar-refractivity contribution in [1.82, 2.24) is 9.55 Å². The lowest BCUT2D eigenvalue weighted by Crippen LogP contribution is -2.02. The van der Waals surface area contributed by atoms with Crippen molar-refractivity contribution in [2.75, 3.05) is 0 Å². The first-order valence-electron chi connectivity index (χ1n) is 7.02. The summed E-state index contributed by atoms with van der Waals surface area (Å²) in [6.45, 7) is 4.07. The van der Waals surface area contributed by atoms with Crippen LogP contribution < -0.4 is 0 Å². The molecule has 1 atom stereocenters. The minimum Gasteiger partial charge on any atom is -0.295 e. The van der Waals surface area contributed by atoms with Crippen molar-refractivity contribution in [3.05, 3.63) is 58.9 Å². The van der Waals surface area contributed by atoms with E-state index in [1.165, 1.54) is 5.56 Å². The molecule has 108 valence electrons. The number of nitrogens with zero attached hydrogens (tertiary/aromatic N) is 2. The number of benzene rings is 2. The Morgan fingerprint density at radius 3 is 2.67 bits per heavy atom. The highest BCUT2D eigenvalue weighted by Gasteiger charge is 2.17. The SMILES string of the molecule is CCc1cccc(-n2c(C(C)Cl)nc3c(Cl)cccc32)c1. The second-order valence-electron chi connectivity index (χ2n) is 5.05. The number of halogens is 2. The second-order valence-corrected chi connectivity index (χ2v) is 6.11. The molecule has 2 aromatic carbocycles. The lowest BCUT2D eigenvalue weighted by molar-refractivity contribution is 0.881. The standard InChI is InChI=1S/C17H16Cl2N2/c1-3-12-6-4-7-13(10-12)21-15-9-5-8-14(19)16(15)20-17(21)11(2)18/h4-11H,3H2,1-2H3. The van der Waals surface area contributed by atoms with Crippen molar-refractivity contribution < 1.29 is 0 Å². The van der Waals surface area contributed by atoms with Crippen LogP contribution in [0.3, 0.4) is 0 Å². The molecule has 0 saturated carbocycles. The third-order valence-corrected chi connectivity index (χ3v) is 4.09. The number of aryl methyl sites for hydroxylation is 1. The maximum absolute atomic E-state index is 6.33. The highest BCUT2D eigenvalue weighted by Crippen LogP contribution is 2.31. The Labute approximate surface area is 134 Å². The first kappa shape index (κ1) is 14.4. The zero-order valence-electron chi connectivity index (χ0n) is 12.0. The Morgan fingerprint density at radius 1 is 1.19 bits per heavy atom. The third kappa shape index (κ3) is 2.54. The average molecular weight is 319 g/mol. The third-order valence-electron chi connectivity index (χ3n) is 3.59. The molecule has 0 aliphatic rings. The van der Waals surface area contributed by atoms with Gasteiger partial charge in [-0.15, -0.1) is 11.6 Å². The minimum atomic E-state index is -0.196. The highest BCUT2D eigenvalue weighted by atomic mass is 35.5. The minimum absolute atomic E-state index is 0.196. The molecule has 0 fully saturated rings. The second kappa shape index (κ2) is 5.70. The van der Waals surface area contributed by atoms with Crippen LogP contribution in [0.1, 0.15) is 30.6 Å². The van der Waals surface area contributed by atoms with Gasteiger partial charge in [0.15, 0.2) is 0 Å². The van der Waals surface area contributed by atoms with Crippen molar-refractivity contribution >= 4 is 34.2 Å². The van der Waals surface area contributed by atoms with Gasteiger partial charge in [-0.25, -0.2) is 4.98 Å². The Morgan fingerprint density at radius 2 is 1.95 bits per heavy atom. The number of imidazole rings is 1. The number of hydrogen-bond acceptors (Lipinski definition) is 1. The van der Waals surface area contributed by atoms with Crippen LogP contribution in [0.15, 0.2) is 42.5 Å². The van der Waals surface area contributed by atoms with Gasteiger partial charge in [-0.3, -0.25) is 4.57 Å². The van der Waals surface area contributed by atoms with Crippen molar-refractivity contribution in [3.63, 3.8) is 0 Å². The van der Waals surface area contributed by atoms with Gasteiger partial charge in [0.25, 0.3) is 0 Å². The van der Waals surface area contributed by atoms with Crippen LogP contribution in [0.4, 0.5) is 0 Å². The van der Waals surface area contributed by atoms with E-state index in [0.29, 0.717) is 5.02 Å². The molecule has 3 aromatic rings. The fourth-order valence-corrected chi connectivity index (χ4v) is 2.89. The van der Waals surface area contributed by atoms with Crippen LogP contribution in [0.5, 0.6) is 0 Å². The average Bonchev–Trinajstić information content (AvgIpc) is 2.88. The first-order valence-corrected chi connectivity index (χ1v) is 7.83. The molecule has 4 heteroatoms. The first-order chi connectivity index (χ1) is 10.1. The maximum atomic E-state index is 6.33. The maximum Gasteiger partial charge on any atom is 0.132 e. The molecule has 2 nitrogen and oxygen atoms in total. The molecule has 0 radical (unpaired) electrons. The summed E-state index contributed by atoms with van der Waals surface area (Å²) in [7, 11) is 0. The molecule has 0 aliphatic carbocycles. The Balaban J connectivity index is 2.33. The van der Waals surface area contributed by atoms with Gasteiger partial charge in [0.2, 0.25) is 0 Å². The van der Waals surface area contributed by atoms with Gasteiger partial charge in [-0.05, 0) is 43.2 Å². The molecular formula is C17H16Cl2N2. The predicted octanol–water partition coefficient (Wildman–Crippen LogP) is 5.54. The largest absolute Gasteiger partial charge is 0.295 e. The summed E-state index contributed by atoms with van der Waals surface area (Å²) in [6.07, 6.45) is 0.993. The summed E-state index contributed by atoms with van der Waals surface area (Å²) in [4.78, 5) is 4.64. The van der Waals surface area contributed by atoms with E-state index in [0.717, 1.165) is 29.0 Å². The quantitative estimate of drug-likeness (QED) is 0.579. The van der Waals surface area contributed by atoms with Crippen LogP contribution in [0.2, 0.25) is 5.02 Å². The van der Waals surface area contributed by atoms with E-state index < -0.39 is 0 Å². The van der Waals surface area contributed by atoms with Gasteiger partial charge in [0, 0.05) is 5.69 Å². The highest BCUT2D eigenvalue weighted by molar-refractivity contribution is 6.35. The topological polar surface area (TPSA) is 17.8 Å². The normalized spacial score (nSPS) is 12.8. The van der Waals surface area contributed by atoms with E-state index in [1.54, 1.807) is 0 Å². The summed E-state index contributed by atoms with van der Waals surface area (Å²) >= 11 is 12.6. The van der Waals surface area contributed by atoms with Crippen molar-refractivity contribution in [2.24, 2.45) is 0 Å². The fraction of sp³-hybridized carbons (Fsp3) is 0.235. The Hall–Kier alpha value is -1.51. The van der Waals surface area contributed by atoms with E-state index in [9.17, 15) is 0 Å². The molecule has 21 heavy (non-hydrogen) atoms. The van der Waals surface area contributed by atoms with E-state index in [-0.39, 0.29) is 5.38 Å². The van der Waals surface area contributed by atoms with E-state index in [1.807, 2.05) is 25.1 Å². The van der Waals surface area contributed by atoms with Gasteiger partial charge < -0.3 is 0 Å². The summed E-state index contributed by atoms with van der Waals surface area (Å²) in [5.74, 6) is 0.813. The summed E-state index contributed by atoms with van der Waals surface area (Å²) < 4.78 is 2.10. The van der Waals surface area contributed by atoms with Crippen LogP contribution in [-0.4, -0.2) is 9.55 Å². The monoisotopic (exact) mass is 318 g/mol. The molecule has 0 N–H and O–H groups in total. The molecule has 0 amide bonds. The van der Waals surface area contributed by atoms with Gasteiger partial charge in [-0.2, -0.15) is 0 Å². The van der Waals surface area contributed by atoms with Gasteiger partial charge in [0.05, 0.1) is 15.9 Å². The summed E-state index contributed by atoms with van der Waals surface area (Å²) in [6, 6.07) is 14.2. The number of rotatable bonds is 3. The van der Waals surface area contributed by atoms with E-state index >= 15 is 0 Å². The van der Waals surface area contributed by atoms with Crippen LogP contribution in [-0.2, 0) is 6.42 Å². The van der Waals surface area contributed by atoms with Gasteiger partial charge in [0.1, 0.15) is 11.3 Å². The lowest BCUT2D eigenvalue weighted by Gasteiger charge is -2.11. The lowest BCUT2D eigenvalue weighted by atomic mass is 10.1. The van der Waals surface area contributed by atoms with Crippen molar-refractivity contribution in [3.8, 4) is 5.69 Å². The predicted molar refractivity (Wildman–Crippen MR) is 89.7 cm³/mol. The molecule has 1 aromatic heterocycles. The Kier molecular flexibility index (Phi) is 3.92. The van der Waals surface area contributed by atoms with Gasteiger partial charge >= 0.3 is 0 Å². The molecule has 0 spiro atoms. The van der Waals surface area contributed by atoms with Gasteiger partial charge in [-0.1, -0.05) is 36.7 Å². The van der Waals surface area contributed by atoms with Crippen LogP contribution in [0, 0.1) is 0 Å². The number of alkyl halides is 1. The molecular weight excluding hydrogens is 303 g/mol. The van der Waals surface area contributed by atoms with Crippen LogP contribution >= 0.6 is 23.2 Å². The molecule has 1 unspecified atom stereocenters. The number of fused-ring (bicyclic) bond motifs is 1. The number of hydrogen-bond donors (Lipinski definition) is 0. The van der Waals surface area contributed by atoms with E-state index in [2.05, 4.69) is 40.7 Å². The van der Waals surface area contributed by atoms with Crippen LogP contribution in [0.25, 0.3) is 16.7 Å². The molecule has 0 saturated heterocycles. The fourth-order valence-electron chi connectivity index (χ4n) is 2.54. The van der Waals surface area contributed by atoms with E-state index in [4.69, 9.17) is 23.2 Å². The van der Waals surface area contributed by atoms with Crippen molar-refractivity contribution in [1.29, 1.82) is 0 Å². The zero-order valence-corrected chi connectivity index (χ0v) is 13.5. The molecule has 1 heterocycles. The molecule has 0 bridgehead atoms. The molecule has 0 aliphatic heterocycles.